The Morgan fingerprint density at radius 2 is 2.03 bits per heavy atom. The van der Waals surface area contributed by atoms with Gasteiger partial charge < -0.3 is 15.0 Å². The van der Waals surface area contributed by atoms with Crippen molar-refractivity contribution in [3.8, 4) is 5.75 Å². The molecule has 29 heavy (non-hydrogen) atoms. The van der Waals surface area contributed by atoms with Crippen LogP contribution in [0.25, 0.3) is 0 Å². The van der Waals surface area contributed by atoms with E-state index in [4.69, 9.17) is 0 Å². The number of nitrogens with one attached hydrogen (secondary N) is 1. The molecule has 0 bridgehead atoms. The van der Waals surface area contributed by atoms with E-state index in [0.717, 1.165) is 6.42 Å². The van der Waals surface area contributed by atoms with Gasteiger partial charge in [-0.25, -0.2) is 0 Å². The molecule has 0 saturated carbocycles. The number of halogens is 2. The molecule has 2 aromatic rings. The van der Waals surface area contributed by atoms with Gasteiger partial charge in [-0.05, 0) is 35.9 Å². The summed E-state index contributed by atoms with van der Waals surface area (Å²) in [5.41, 5.74) is 1.68. The summed E-state index contributed by atoms with van der Waals surface area (Å²) < 4.78 is 29.8. The number of hydrogen-bond acceptors (Lipinski definition) is 4. The van der Waals surface area contributed by atoms with E-state index in [9.17, 15) is 18.4 Å². The summed E-state index contributed by atoms with van der Waals surface area (Å²) in [7, 11) is 0. The molecule has 0 aliphatic carbocycles. The number of amides is 2. The first kappa shape index (κ1) is 21.2. The zero-order valence-electron chi connectivity index (χ0n) is 16.2. The largest absolute Gasteiger partial charge is 0.434 e. The van der Waals surface area contributed by atoms with Crippen LogP contribution < -0.4 is 10.1 Å². The van der Waals surface area contributed by atoms with Crippen LogP contribution in [-0.2, 0) is 22.6 Å². The zero-order valence-corrected chi connectivity index (χ0v) is 17.0. The third kappa shape index (κ3) is 5.53. The fourth-order valence-corrected chi connectivity index (χ4v) is 4.37. The lowest BCUT2D eigenvalue weighted by molar-refractivity contribution is -0.134. The van der Waals surface area contributed by atoms with E-state index in [2.05, 4.69) is 10.1 Å². The van der Waals surface area contributed by atoms with E-state index in [1.54, 1.807) is 34.4 Å². The summed E-state index contributed by atoms with van der Waals surface area (Å²) in [5.74, 6) is -0.289. The molecule has 3 rings (SSSR count). The third-order valence-electron chi connectivity index (χ3n) is 4.98. The minimum atomic E-state index is -2.93. The van der Waals surface area contributed by atoms with Crippen LogP contribution in [0.5, 0.6) is 5.75 Å². The second kappa shape index (κ2) is 9.82. The maximum Gasteiger partial charge on any atom is 0.387 e. The molecule has 0 radical (unpaired) electrons. The van der Waals surface area contributed by atoms with E-state index < -0.39 is 12.7 Å². The standard InChI is InChI=1S/C21H24F2N2O3S/c1-2-16(15-5-3-4-6-17(15)28-21(22)23)24-19(26)7-8-20(27)25-11-9-18-14(13-25)10-12-29-18/h3-6,10,12,16,21H,2,7-9,11,13H2,1H3,(H,24,26). The second-order valence-electron chi connectivity index (χ2n) is 6.88. The molecule has 2 heterocycles. The van der Waals surface area contributed by atoms with Crippen LogP contribution in [0.3, 0.4) is 0 Å². The Bertz CT molecular complexity index is 856. The number of rotatable bonds is 8. The van der Waals surface area contributed by atoms with Crippen LogP contribution in [0.4, 0.5) is 8.78 Å². The normalized spacial score (nSPS) is 14.4. The van der Waals surface area contributed by atoms with Crippen molar-refractivity contribution in [1.82, 2.24) is 10.2 Å². The Morgan fingerprint density at radius 1 is 1.24 bits per heavy atom. The predicted molar refractivity (Wildman–Crippen MR) is 107 cm³/mol. The van der Waals surface area contributed by atoms with Crippen molar-refractivity contribution in [1.29, 1.82) is 0 Å². The molecule has 0 spiro atoms. The lowest BCUT2D eigenvalue weighted by Crippen LogP contribution is -2.36. The Hall–Kier alpha value is -2.48. The third-order valence-corrected chi connectivity index (χ3v) is 6.00. The molecule has 1 aromatic carbocycles. The lowest BCUT2D eigenvalue weighted by Gasteiger charge is -2.27. The van der Waals surface area contributed by atoms with Crippen LogP contribution in [-0.4, -0.2) is 29.9 Å². The summed E-state index contributed by atoms with van der Waals surface area (Å²) in [6.07, 6.45) is 1.54. The molecular weight excluding hydrogens is 398 g/mol. The minimum Gasteiger partial charge on any atom is -0.434 e. The summed E-state index contributed by atoms with van der Waals surface area (Å²) in [5, 5.41) is 4.87. The van der Waals surface area contributed by atoms with Gasteiger partial charge in [0.15, 0.2) is 0 Å². The van der Waals surface area contributed by atoms with E-state index in [-0.39, 0.29) is 30.4 Å². The maximum absolute atomic E-state index is 12.6. The van der Waals surface area contributed by atoms with Crippen LogP contribution >= 0.6 is 11.3 Å². The maximum atomic E-state index is 12.6. The number of fused-ring (bicyclic) bond motifs is 1. The summed E-state index contributed by atoms with van der Waals surface area (Å²) in [6, 6.07) is 8.00. The highest BCUT2D eigenvalue weighted by Crippen LogP contribution is 2.29. The summed E-state index contributed by atoms with van der Waals surface area (Å²) in [6.45, 7) is 0.177. The topological polar surface area (TPSA) is 58.6 Å². The van der Waals surface area contributed by atoms with Crippen molar-refractivity contribution in [2.45, 2.75) is 51.8 Å². The molecule has 1 aliphatic heterocycles. The molecule has 0 fully saturated rings. The Morgan fingerprint density at radius 3 is 2.79 bits per heavy atom. The number of benzene rings is 1. The smallest absolute Gasteiger partial charge is 0.387 e. The number of thiophene rings is 1. The van der Waals surface area contributed by atoms with E-state index in [0.29, 0.717) is 25.1 Å². The zero-order chi connectivity index (χ0) is 20.8. The SMILES string of the molecule is CCC(NC(=O)CCC(=O)N1CCc2sccc2C1)c1ccccc1OC(F)F. The predicted octanol–water partition coefficient (Wildman–Crippen LogP) is 4.28. The number of ether oxygens (including phenoxy) is 1. The molecule has 0 saturated heterocycles. The van der Waals surface area contributed by atoms with Crippen molar-refractivity contribution in [3.05, 3.63) is 51.7 Å². The van der Waals surface area contributed by atoms with Gasteiger partial charge in [0.2, 0.25) is 11.8 Å². The average Bonchev–Trinajstić information content (AvgIpc) is 3.18. The van der Waals surface area contributed by atoms with Crippen LogP contribution in [0.15, 0.2) is 35.7 Å². The van der Waals surface area contributed by atoms with Crippen molar-refractivity contribution in [3.63, 3.8) is 0 Å². The van der Waals surface area contributed by atoms with E-state index in [1.807, 2.05) is 18.4 Å². The lowest BCUT2D eigenvalue weighted by atomic mass is 10.0. The second-order valence-corrected chi connectivity index (χ2v) is 7.88. The van der Waals surface area contributed by atoms with Gasteiger partial charge in [-0.1, -0.05) is 25.1 Å². The Kier molecular flexibility index (Phi) is 7.19. The van der Waals surface area contributed by atoms with Crippen molar-refractivity contribution in [2.24, 2.45) is 0 Å². The van der Waals surface area contributed by atoms with E-state index in [1.165, 1.54) is 16.5 Å². The molecule has 1 unspecified atom stereocenters. The summed E-state index contributed by atoms with van der Waals surface area (Å²) >= 11 is 1.71. The molecule has 5 nitrogen and oxygen atoms in total. The number of nitrogens with zero attached hydrogens (tertiary/aromatic N) is 1. The summed E-state index contributed by atoms with van der Waals surface area (Å²) in [4.78, 5) is 28.0. The number of carbonyl (C=O) groups excluding carboxylic acids is 2. The number of alkyl halides is 2. The van der Waals surface area contributed by atoms with Gasteiger partial charge in [-0.2, -0.15) is 8.78 Å². The first-order valence-electron chi connectivity index (χ1n) is 9.64. The molecule has 156 valence electrons. The Labute approximate surface area is 172 Å². The molecule has 8 heteroatoms. The van der Waals surface area contributed by atoms with E-state index >= 15 is 0 Å². The quantitative estimate of drug-likeness (QED) is 0.691. The van der Waals surface area contributed by atoms with Gasteiger partial charge in [0.25, 0.3) is 0 Å². The minimum absolute atomic E-state index is 0.0469. The van der Waals surface area contributed by atoms with Crippen LogP contribution in [0.2, 0.25) is 0 Å². The van der Waals surface area contributed by atoms with Crippen LogP contribution in [0.1, 0.15) is 48.2 Å². The molecule has 1 aromatic heterocycles. The van der Waals surface area contributed by atoms with Gasteiger partial charge in [0.1, 0.15) is 5.75 Å². The first-order valence-corrected chi connectivity index (χ1v) is 10.5. The fourth-order valence-electron chi connectivity index (χ4n) is 3.48. The number of carbonyl (C=O) groups is 2. The highest BCUT2D eigenvalue weighted by Gasteiger charge is 2.23. The van der Waals surface area contributed by atoms with Gasteiger partial charge >= 0.3 is 6.61 Å². The molecule has 2 amide bonds. The van der Waals surface area contributed by atoms with Gasteiger partial charge in [0, 0.05) is 36.4 Å². The molecule has 1 N–H and O–H groups in total. The highest BCUT2D eigenvalue weighted by molar-refractivity contribution is 7.10. The number of hydrogen-bond donors (Lipinski definition) is 1. The average molecular weight is 422 g/mol. The van der Waals surface area contributed by atoms with Gasteiger partial charge in [-0.15, -0.1) is 11.3 Å². The molecule has 1 aliphatic rings. The molecular formula is C21H24F2N2O3S. The van der Waals surface area contributed by atoms with Crippen LogP contribution in [0, 0.1) is 0 Å². The van der Waals surface area contributed by atoms with Gasteiger partial charge in [0.05, 0.1) is 6.04 Å². The number of para-hydroxylation sites is 1. The van der Waals surface area contributed by atoms with Crippen molar-refractivity contribution < 1.29 is 23.1 Å². The highest BCUT2D eigenvalue weighted by atomic mass is 32.1. The fraction of sp³-hybridized carbons (Fsp3) is 0.429. The monoisotopic (exact) mass is 422 g/mol. The van der Waals surface area contributed by atoms with Crippen molar-refractivity contribution in [2.75, 3.05) is 6.54 Å². The first-order chi connectivity index (χ1) is 14.0. The Balaban J connectivity index is 1.54. The molecule has 1 atom stereocenters. The van der Waals surface area contributed by atoms with Gasteiger partial charge in [-0.3, -0.25) is 9.59 Å². The van der Waals surface area contributed by atoms with Crippen molar-refractivity contribution >= 4 is 23.2 Å².